The van der Waals surface area contributed by atoms with E-state index in [2.05, 4.69) is 48.9 Å². The van der Waals surface area contributed by atoms with Crippen LogP contribution in [0.5, 0.6) is 0 Å². The molecule has 2 aromatic rings. The summed E-state index contributed by atoms with van der Waals surface area (Å²) in [6.07, 6.45) is 1.69. The second kappa shape index (κ2) is 7.47. The molecule has 122 valence electrons. The number of nitrogens with one attached hydrogen (secondary N) is 1. The van der Waals surface area contributed by atoms with Crippen LogP contribution >= 0.6 is 11.6 Å². The van der Waals surface area contributed by atoms with Gasteiger partial charge in [0.1, 0.15) is 0 Å². The highest BCUT2D eigenvalue weighted by Crippen LogP contribution is 2.15. The maximum atomic E-state index is 12.0. The average Bonchev–Trinajstić information content (AvgIpc) is 2.75. The molecule has 2 rings (SSSR count). The van der Waals surface area contributed by atoms with Gasteiger partial charge in [-0.15, -0.1) is 0 Å². The first-order valence-corrected chi connectivity index (χ1v) is 8.02. The number of halogens is 1. The van der Waals surface area contributed by atoms with E-state index in [4.69, 9.17) is 11.6 Å². The normalized spacial score (nSPS) is 11.4. The van der Waals surface area contributed by atoms with Crippen molar-refractivity contribution in [3.63, 3.8) is 0 Å². The highest BCUT2D eigenvalue weighted by atomic mass is 35.5. The molecule has 0 bridgehead atoms. The summed E-state index contributed by atoms with van der Waals surface area (Å²) in [5, 5.41) is 4.66. The molecule has 0 atom stereocenters. The maximum absolute atomic E-state index is 12.0. The minimum atomic E-state index is -0.256. The zero-order valence-electron chi connectivity index (χ0n) is 13.9. The number of amides is 1. The number of benzene rings is 1. The highest BCUT2D eigenvalue weighted by molar-refractivity contribution is 6.30. The number of carbonyl (C=O) groups excluding carboxylic acids is 1. The van der Waals surface area contributed by atoms with E-state index in [9.17, 15) is 4.79 Å². The summed E-state index contributed by atoms with van der Waals surface area (Å²) in [5.41, 5.74) is 6.43. The molecular weight excluding hydrogens is 310 g/mol. The Morgan fingerprint density at radius 2 is 1.96 bits per heavy atom. The van der Waals surface area contributed by atoms with E-state index in [1.54, 1.807) is 30.5 Å². The lowest BCUT2D eigenvalue weighted by molar-refractivity contribution is 0.0955. The fourth-order valence-electron chi connectivity index (χ4n) is 2.43. The first kappa shape index (κ1) is 17.3. The average molecular weight is 332 g/mol. The third kappa shape index (κ3) is 4.45. The van der Waals surface area contributed by atoms with Gasteiger partial charge in [0.25, 0.3) is 5.91 Å². The Morgan fingerprint density at radius 3 is 2.57 bits per heavy atom. The highest BCUT2D eigenvalue weighted by Gasteiger charge is 2.09. The molecule has 23 heavy (non-hydrogen) atoms. The fraction of sp³-hybridized carbons (Fsp3) is 0.333. The molecule has 0 saturated heterocycles. The number of carbonyl (C=O) groups is 1. The van der Waals surface area contributed by atoms with Crippen LogP contribution in [0.1, 0.15) is 41.2 Å². The van der Waals surface area contributed by atoms with Crippen molar-refractivity contribution >= 4 is 23.7 Å². The standard InChI is InChI=1S/C18H22ClN3O/c1-12(2)11-22-13(3)9-16(14(22)4)10-20-21-18(23)15-5-7-17(19)8-6-15/h5-10,12H,11H2,1-4H3,(H,21,23)/b20-10-. The number of hydrazone groups is 1. The van der Waals surface area contributed by atoms with Crippen LogP contribution in [0.25, 0.3) is 0 Å². The summed E-state index contributed by atoms with van der Waals surface area (Å²) in [6.45, 7) is 9.51. The summed E-state index contributed by atoms with van der Waals surface area (Å²) in [7, 11) is 0. The van der Waals surface area contributed by atoms with E-state index >= 15 is 0 Å². The van der Waals surface area contributed by atoms with Crippen LogP contribution in [-0.2, 0) is 6.54 Å². The van der Waals surface area contributed by atoms with Crippen LogP contribution in [0, 0.1) is 19.8 Å². The Kier molecular flexibility index (Phi) is 5.61. The van der Waals surface area contributed by atoms with Crippen LogP contribution in [0.2, 0.25) is 5.02 Å². The maximum Gasteiger partial charge on any atom is 0.271 e. The number of hydrogen-bond acceptors (Lipinski definition) is 2. The summed E-state index contributed by atoms with van der Waals surface area (Å²) < 4.78 is 2.27. The monoisotopic (exact) mass is 331 g/mol. The van der Waals surface area contributed by atoms with Gasteiger partial charge >= 0.3 is 0 Å². The Bertz CT molecular complexity index is 715. The first-order valence-electron chi connectivity index (χ1n) is 7.64. The van der Waals surface area contributed by atoms with Gasteiger partial charge < -0.3 is 4.57 Å². The molecule has 0 radical (unpaired) electrons. The SMILES string of the molecule is Cc1cc(/C=N\NC(=O)c2ccc(Cl)cc2)c(C)n1CC(C)C. The van der Waals surface area contributed by atoms with E-state index in [1.807, 2.05) is 0 Å². The van der Waals surface area contributed by atoms with E-state index in [0.717, 1.165) is 17.8 Å². The van der Waals surface area contributed by atoms with Crippen LogP contribution in [-0.4, -0.2) is 16.7 Å². The van der Waals surface area contributed by atoms with Gasteiger partial charge in [-0.3, -0.25) is 4.79 Å². The molecule has 1 heterocycles. The van der Waals surface area contributed by atoms with Gasteiger partial charge in [-0.05, 0) is 50.1 Å². The van der Waals surface area contributed by atoms with Crippen molar-refractivity contribution in [2.45, 2.75) is 34.2 Å². The zero-order valence-corrected chi connectivity index (χ0v) is 14.7. The Balaban J connectivity index is 2.06. The summed E-state index contributed by atoms with van der Waals surface area (Å²) in [4.78, 5) is 12.0. The fourth-order valence-corrected chi connectivity index (χ4v) is 2.56. The molecule has 1 amide bonds. The van der Waals surface area contributed by atoms with Gasteiger partial charge in [-0.1, -0.05) is 25.4 Å². The summed E-state index contributed by atoms with van der Waals surface area (Å²) in [5.74, 6) is 0.322. The second-order valence-corrected chi connectivity index (χ2v) is 6.47. The molecule has 0 aliphatic heterocycles. The Labute approximate surface area is 142 Å². The largest absolute Gasteiger partial charge is 0.348 e. The molecule has 0 fully saturated rings. The molecule has 1 aromatic carbocycles. The lowest BCUT2D eigenvalue weighted by Gasteiger charge is -2.11. The predicted molar refractivity (Wildman–Crippen MR) is 95.3 cm³/mol. The van der Waals surface area contributed by atoms with Crippen LogP contribution in [0.3, 0.4) is 0 Å². The van der Waals surface area contributed by atoms with Crippen molar-refractivity contribution in [3.8, 4) is 0 Å². The van der Waals surface area contributed by atoms with Crippen molar-refractivity contribution in [1.29, 1.82) is 0 Å². The first-order chi connectivity index (χ1) is 10.9. The predicted octanol–water partition coefficient (Wildman–Crippen LogP) is 4.18. The lowest BCUT2D eigenvalue weighted by atomic mass is 10.2. The summed E-state index contributed by atoms with van der Waals surface area (Å²) >= 11 is 5.81. The van der Waals surface area contributed by atoms with Crippen molar-refractivity contribution in [3.05, 3.63) is 57.9 Å². The Hall–Kier alpha value is -2.07. The molecular formula is C18H22ClN3O. The number of aryl methyl sites for hydroxylation is 1. The molecule has 0 spiro atoms. The van der Waals surface area contributed by atoms with Gasteiger partial charge in [0.2, 0.25) is 0 Å². The van der Waals surface area contributed by atoms with Crippen molar-refractivity contribution < 1.29 is 4.79 Å². The zero-order chi connectivity index (χ0) is 17.0. The molecule has 1 N–H and O–H groups in total. The quantitative estimate of drug-likeness (QED) is 0.648. The third-order valence-corrected chi connectivity index (χ3v) is 3.89. The number of aromatic nitrogens is 1. The molecule has 0 aliphatic carbocycles. The van der Waals surface area contributed by atoms with Gasteiger partial charge in [0.15, 0.2) is 0 Å². The topological polar surface area (TPSA) is 46.4 Å². The second-order valence-electron chi connectivity index (χ2n) is 6.04. The third-order valence-electron chi connectivity index (χ3n) is 3.64. The number of hydrogen-bond donors (Lipinski definition) is 1. The smallest absolute Gasteiger partial charge is 0.271 e. The molecule has 4 nitrogen and oxygen atoms in total. The van der Waals surface area contributed by atoms with Crippen LogP contribution in [0.15, 0.2) is 35.4 Å². The van der Waals surface area contributed by atoms with Gasteiger partial charge in [-0.25, -0.2) is 5.43 Å². The van der Waals surface area contributed by atoms with E-state index in [-0.39, 0.29) is 5.91 Å². The van der Waals surface area contributed by atoms with Gasteiger partial charge in [-0.2, -0.15) is 5.10 Å². The molecule has 0 saturated carbocycles. The lowest BCUT2D eigenvalue weighted by Crippen LogP contribution is -2.17. The van der Waals surface area contributed by atoms with E-state index in [0.29, 0.717) is 16.5 Å². The van der Waals surface area contributed by atoms with Crippen molar-refractivity contribution in [2.24, 2.45) is 11.0 Å². The van der Waals surface area contributed by atoms with Gasteiger partial charge in [0.05, 0.1) is 6.21 Å². The summed E-state index contributed by atoms with van der Waals surface area (Å²) in [6, 6.07) is 8.78. The van der Waals surface area contributed by atoms with E-state index in [1.165, 1.54) is 5.69 Å². The van der Waals surface area contributed by atoms with Crippen molar-refractivity contribution in [1.82, 2.24) is 9.99 Å². The molecule has 1 aromatic heterocycles. The molecule has 5 heteroatoms. The Morgan fingerprint density at radius 1 is 1.30 bits per heavy atom. The van der Waals surface area contributed by atoms with Crippen molar-refractivity contribution in [2.75, 3.05) is 0 Å². The van der Waals surface area contributed by atoms with Gasteiger partial charge in [0, 0.05) is 34.1 Å². The van der Waals surface area contributed by atoms with Crippen LogP contribution < -0.4 is 5.43 Å². The number of rotatable bonds is 5. The molecule has 0 aliphatic rings. The number of nitrogens with zero attached hydrogens (tertiary/aromatic N) is 2. The minimum Gasteiger partial charge on any atom is -0.348 e. The van der Waals surface area contributed by atoms with Crippen LogP contribution in [0.4, 0.5) is 0 Å². The molecule has 0 unspecified atom stereocenters. The minimum absolute atomic E-state index is 0.256. The van der Waals surface area contributed by atoms with E-state index < -0.39 is 0 Å².